The summed E-state index contributed by atoms with van der Waals surface area (Å²) in [6, 6.07) is 5.80. The molecule has 6 nitrogen and oxygen atoms in total. The van der Waals surface area contributed by atoms with Gasteiger partial charge < -0.3 is 15.1 Å². The van der Waals surface area contributed by atoms with Crippen molar-refractivity contribution in [3.05, 3.63) is 29.6 Å². The number of carbonyl (C=O) groups excluding carboxylic acids is 2. The van der Waals surface area contributed by atoms with E-state index in [4.69, 9.17) is 0 Å². The maximum absolute atomic E-state index is 12.2. The van der Waals surface area contributed by atoms with Crippen LogP contribution >= 0.6 is 0 Å². The van der Waals surface area contributed by atoms with Crippen LogP contribution in [0.2, 0.25) is 0 Å². The van der Waals surface area contributed by atoms with Crippen molar-refractivity contribution < 1.29 is 9.59 Å². The molecule has 0 aliphatic carbocycles. The van der Waals surface area contributed by atoms with E-state index in [1.165, 1.54) is 0 Å². The van der Waals surface area contributed by atoms with E-state index in [1.54, 1.807) is 23.9 Å². The van der Waals surface area contributed by atoms with Crippen LogP contribution in [0.5, 0.6) is 0 Å². The van der Waals surface area contributed by atoms with Crippen molar-refractivity contribution in [3.8, 4) is 0 Å². The Bertz CT molecular complexity index is 537. The van der Waals surface area contributed by atoms with Gasteiger partial charge in [-0.25, -0.2) is 4.79 Å². The molecule has 2 heterocycles. The third kappa shape index (κ3) is 4.19. The highest BCUT2D eigenvalue weighted by Crippen LogP contribution is 2.18. The van der Waals surface area contributed by atoms with Gasteiger partial charge in [0.05, 0.1) is 12.2 Å². The van der Waals surface area contributed by atoms with E-state index in [9.17, 15) is 9.59 Å². The number of aryl methyl sites for hydroxylation is 1. The summed E-state index contributed by atoms with van der Waals surface area (Å²) in [6.45, 7) is 3.66. The topological polar surface area (TPSA) is 65.5 Å². The highest BCUT2D eigenvalue weighted by molar-refractivity contribution is 5.79. The predicted molar refractivity (Wildman–Crippen MR) is 84.2 cm³/mol. The van der Waals surface area contributed by atoms with Crippen LogP contribution in [0.4, 0.5) is 4.79 Å². The summed E-state index contributed by atoms with van der Waals surface area (Å²) in [4.78, 5) is 31.8. The van der Waals surface area contributed by atoms with Gasteiger partial charge in [-0.15, -0.1) is 0 Å². The monoisotopic (exact) mass is 304 g/mol. The highest BCUT2D eigenvalue weighted by atomic mass is 16.2. The normalized spacial score (nSPS) is 15.5. The first-order valence-corrected chi connectivity index (χ1v) is 7.64. The fourth-order valence-corrected chi connectivity index (χ4v) is 2.64. The van der Waals surface area contributed by atoms with Crippen LogP contribution in [0.3, 0.4) is 0 Å². The van der Waals surface area contributed by atoms with E-state index in [-0.39, 0.29) is 17.9 Å². The maximum atomic E-state index is 12.2. The van der Waals surface area contributed by atoms with Gasteiger partial charge in [0, 0.05) is 38.8 Å². The number of carbonyl (C=O) groups is 2. The number of hydrogen-bond acceptors (Lipinski definition) is 3. The second-order valence-corrected chi connectivity index (χ2v) is 5.93. The predicted octanol–water partition coefficient (Wildman–Crippen LogP) is 1.40. The number of pyridine rings is 1. The second kappa shape index (κ2) is 7.24. The highest BCUT2D eigenvalue weighted by Gasteiger charge is 2.27. The molecule has 3 amide bonds. The van der Waals surface area contributed by atoms with Crippen LogP contribution in [0.15, 0.2) is 18.2 Å². The minimum atomic E-state index is -0.0176. The number of amides is 3. The molecule has 0 spiro atoms. The molecule has 1 saturated heterocycles. The van der Waals surface area contributed by atoms with E-state index in [2.05, 4.69) is 10.3 Å². The molecule has 0 atom stereocenters. The molecule has 6 heteroatoms. The molecule has 1 aromatic heterocycles. The van der Waals surface area contributed by atoms with Crippen molar-refractivity contribution in [2.75, 3.05) is 27.2 Å². The zero-order chi connectivity index (χ0) is 16.1. The SMILES string of the molecule is Cc1cccc(CNC(=O)C2CCN(C(=O)N(C)C)CC2)n1. The van der Waals surface area contributed by atoms with E-state index in [1.807, 2.05) is 25.1 Å². The third-order valence-corrected chi connectivity index (χ3v) is 3.91. The van der Waals surface area contributed by atoms with Crippen LogP contribution in [0, 0.1) is 12.8 Å². The molecular formula is C16H24N4O2. The molecule has 1 fully saturated rings. The Labute approximate surface area is 131 Å². The first-order chi connectivity index (χ1) is 10.5. The number of likely N-dealkylation sites (tertiary alicyclic amines) is 1. The molecular weight excluding hydrogens is 280 g/mol. The summed E-state index contributed by atoms with van der Waals surface area (Å²) < 4.78 is 0. The van der Waals surface area contributed by atoms with Crippen molar-refractivity contribution in [3.63, 3.8) is 0 Å². The molecule has 0 aromatic carbocycles. The molecule has 22 heavy (non-hydrogen) atoms. The largest absolute Gasteiger partial charge is 0.350 e. The van der Waals surface area contributed by atoms with Crippen molar-refractivity contribution in [2.24, 2.45) is 5.92 Å². The lowest BCUT2D eigenvalue weighted by atomic mass is 9.96. The van der Waals surface area contributed by atoms with E-state index in [0.29, 0.717) is 32.5 Å². The lowest BCUT2D eigenvalue weighted by molar-refractivity contribution is -0.126. The van der Waals surface area contributed by atoms with Gasteiger partial charge >= 0.3 is 6.03 Å². The van der Waals surface area contributed by atoms with Crippen LogP contribution in [0.25, 0.3) is 0 Å². The van der Waals surface area contributed by atoms with Gasteiger partial charge in [-0.1, -0.05) is 6.07 Å². The molecule has 1 aliphatic heterocycles. The fourth-order valence-electron chi connectivity index (χ4n) is 2.64. The molecule has 1 aromatic rings. The van der Waals surface area contributed by atoms with E-state index >= 15 is 0 Å². The van der Waals surface area contributed by atoms with Gasteiger partial charge in [0.15, 0.2) is 0 Å². The zero-order valence-corrected chi connectivity index (χ0v) is 13.5. The van der Waals surface area contributed by atoms with E-state index < -0.39 is 0 Å². The van der Waals surface area contributed by atoms with Crippen LogP contribution in [-0.2, 0) is 11.3 Å². The number of piperidine rings is 1. The minimum Gasteiger partial charge on any atom is -0.350 e. The van der Waals surface area contributed by atoms with Gasteiger partial charge in [0.2, 0.25) is 5.91 Å². The molecule has 0 radical (unpaired) electrons. The first-order valence-electron chi connectivity index (χ1n) is 7.64. The summed E-state index contributed by atoms with van der Waals surface area (Å²) in [5.41, 5.74) is 1.82. The molecule has 0 unspecified atom stereocenters. The van der Waals surface area contributed by atoms with Gasteiger partial charge in [-0.2, -0.15) is 0 Å². The Kier molecular flexibility index (Phi) is 5.35. The van der Waals surface area contributed by atoms with Crippen molar-refractivity contribution in [2.45, 2.75) is 26.3 Å². The molecule has 0 saturated carbocycles. The summed E-state index contributed by atoms with van der Waals surface area (Å²) in [5.74, 6) is 0.0382. The Morgan fingerprint density at radius 1 is 1.32 bits per heavy atom. The second-order valence-electron chi connectivity index (χ2n) is 5.93. The first kappa shape index (κ1) is 16.3. The van der Waals surface area contributed by atoms with Gasteiger partial charge in [0.25, 0.3) is 0 Å². The number of rotatable bonds is 3. The van der Waals surface area contributed by atoms with E-state index in [0.717, 1.165) is 11.4 Å². The summed E-state index contributed by atoms with van der Waals surface area (Å²) in [7, 11) is 3.49. The minimum absolute atomic E-state index is 0.0165. The Morgan fingerprint density at radius 2 is 2.00 bits per heavy atom. The average Bonchev–Trinajstić information content (AvgIpc) is 2.52. The lowest BCUT2D eigenvalue weighted by Gasteiger charge is -2.33. The Hall–Kier alpha value is -2.11. The molecule has 1 aliphatic rings. The van der Waals surface area contributed by atoms with Gasteiger partial charge in [-0.05, 0) is 31.9 Å². The molecule has 0 bridgehead atoms. The number of nitrogens with zero attached hydrogens (tertiary/aromatic N) is 3. The van der Waals surface area contributed by atoms with Crippen molar-refractivity contribution in [1.82, 2.24) is 20.1 Å². The smallest absolute Gasteiger partial charge is 0.319 e. The van der Waals surface area contributed by atoms with Crippen molar-refractivity contribution in [1.29, 1.82) is 0 Å². The summed E-state index contributed by atoms with van der Waals surface area (Å²) in [5, 5.41) is 2.95. The number of nitrogens with one attached hydrogen (secondary N) is 1. The summed E-state index contributed by atoms with van der Waals surface area (Å²) >= 11 is 0. The van der Waals surface area contributed by atoms with Gasteiger partial charge in [-0.3, -0.25) is 9.78 Å². The van der Waals surface area contributed by atoms with Gasteiger partial charge in [0.1, 0.15) is 0 Å². The van der Waals surface area contributed by atoms with Crippen LogP contribution < -0.4 is 5.32 Å². The maximum Gasteiger partial charge on any atom is 0.319 e. The fraction of sp³-hybridized carbons (Fsp3) is 0.562. The lowest BCUT2D eigenvalue weighted by Crippen LogP contribution is -2.46. The molecule has 1 N–H and O–H groups in total. The van der Waals surface area contributed by atoms with Crippen molar-refractivity contribution >= 4 is 11.9 Å². The zero-order valence-electron chi connectivity index (χ0n) is 13.5. The third-order valence-electron chi connectivity index (χ3n) is 3.91. The number of hydrogen-bond donors (Lipinski definition) is 1. The van der Waals surface area contributed by atoms with Crippen LogP contribution in [-0.4, -0.2) is 53.9 Å². The Morgan fingerprint density at radius 3 is 2.59 bits per heavy atom. The van der Waals surface area contributed by atoms with Crippen LogP contribution in [0.1, 0.15) is 24.2 Å². The summed E-state index contributed by atoms with van der Waals surface area (Å²) in [6.07, 6.45) is 1.43. The Balaban J connectivity index is 1.79. The quantitative estimate of drug-likeness (QED) is 0.918. The standard InChI is InChI=1S/C16H24N4O2/c1-12-5-4-6-14(18-12)11-17-15(21)13-7-9-20(10-8-13)16(22)19(2)3/h4-6,13H,7-11H2,1-3H3,(H,17,21). The number of urea groups is 1. The molecule has 120 valence electrons. The average molecular weight is 304 g/mol. The molecule has 2 rings (SSSR count). The number of aromatic nitrogens is 1.